The third-order valence-corrected chi connectivity index (χ3v) is 6.34. The van der Waals surface area contributed by atoms with Crippen LogP contribution in [0.15, 0.2) is 55.0 Å². The SMILES string of the molecule is CC(=O)N1c2ccc(-c3cnn(CCN(C)C(=O)OC(C)(C)C)c3)cc2C(Nc2ccccn2)CC1C. The van der Waals surface area contributed by atoms with Gasteiger partial charge in [0, 0.05) is 50.2 Å². The summed E-state index contributed by atoms with van der Waals surface area (Å²) in [6.07, 6.45) is 5.97. The van der Waals surface area contributed by atoms with E-state index in [0.717, 1.165) is 34.6 Å². The number of nitrogens with one attached hydrogen (secondary N) is 1. The summed E-state index contributed by atoms with van der Waals surface area (Å²) in [5.41, 5.74) is 3.41. The second-order valence-electron chi connectivity index (χ2n) is 10.6. The molecule has 4 rings (SSSR count). The molecule has 9 nitrogen and oxygen atoms in total. The average molecular weight is 505 g/mol. The molecule has 0 bridgehead atoms. The summed E-state index contributed by atoms with van der Waals surface area (Å²) in [6.45, 7) is 10.3. The molecular formula is C28H36N6O3. The van der Waals surface area contributed by atoms with Crippen molar-refractivity contribution in [1.29, 1.82) is 0 Å². The molecular weight excluding hydrogens is 468 g/mol. The highest BCUT2D eigenvalue weighted by Crippen LogP contribution is 2.40. The molecule has 0 saturated heterocycles. The molecule has 9 heteroatoms. The van der Waals surface area contributed by atoms with Crippen LogP contribution in [0.3, 0.4) is 0 Å². The van der Waals surface area contributed by atoms with Crippen molar-refractivity contribution in [2.75, 3.05) is 23.8 Å². The smallest absolute Gasteiger partial charge is 0.410 e. The van der Waals surface area contributed by atoms with Gasteiger partial charge in [-0.15, -0.1) is 0 Å². The van der Waals surface area contributed by atoms with Crippen LogP contribution >= 0.6 is 0 Å². The maximum absolute atomic E-state index is 12.5. The van der Waals surface area contributed by atoms with Crippen LogP contribution in [-0.4, -0.2) is 56.9 Å². The molecule has 1 aliphatic rings. The Morgan fingerprint density at radius 3 is 2.65 bits per heavy atom. The molecule has 3 aromatic rings. The lowest BCUT2D eigenvalue weighted by Crippen LogP contribution is -2.43. The lowest BCUT2D eigenvalue weighted by molar-refractivity contribution is -0.117. The normalized spacial score (nSPS) is 17.2. The summed E-state index contributed by atoms with van der Waals surface area (Å²) in [5, 5.41) is 8.05. The quantitative estimate of drug-likeness (QED) is 0.502. The molecule has 1 aliphatic heterocycles. The minimum absolute atomic E-state index is 0.00738. The molecule has 0 radical (unpaired) electrons. The molecule has 196 valence electrons. The number of carbonyl (C=O) groups excluding carboxylic acids is 2. The summed E-state index contributed by atoms with van der Waals surface area (Å²) in [5.74, 6) is 0.828. The molecule has 1 N–H and O–H groups in total. The fourth-order valence-electron chi connectivity index (χ4n) is 4.61. The second-order valence-corrected chi connectivity index (χ2v) is 10.6. The number of pyridine rings is 1. The second kappa shape index (κ2) is 10.6. The number of nitrogens with zero attached hydrogens (tertiary/aromatic N) is 5. The summed E-state index contributed by atoms with van der Waals surface area (Å²) in [4.78, 5) is 32.6. The third kappa shape index (κ3) is 6.28. The Balaban J connectivity index is 1.55. The summed E-state index contributed by atoms with van der Waals surface area (Å²) < 4.78 is 7.24. The van der Waals surface area contributed by atoms with Gasteiger partial charge in [-0.25, -0.2) is 9.78 Å². The highest BCUT2D eigenvalue weighted by Gasteiger charge is 2.33. The Kier molecular flexibility index (Phi) is 7.52. The maximum Gasteiger partial charge on any atom is 0.410 e. The van der Waals surface area contributed by atoms with Gasteiger partial charge in [0.15, 0.2) is 0 Å². The Morgan fingerprint density at radius 2 is 1.97 bits per heavy atom. The minimum atomic E-state index is -0.532. The molecule has 2 atom stereocenters. The fourth-order valence-corrected chi connectivity index (χ4v) is 4.61. The van der Waals surface area contributed by atoms with Gasteiger partial charge in [-0.1, -0.05) is 12.1 Å². The Labute approximate surface area is 218 Å². The van der Waals surface area contributed by atoms with Gasteiger partial charge in [-0.2, -0.15) is 5.10 Å². The topological polar surface area (TPSA) is 92.6 Å². The van der Waals surface area contributed by atoms with Crippen molar-refractivity contribution in [3.8, 4) is 11.1 Å². The largest absolute Gasteiger partial charge is 0.444 e. The number of ether oxygens (including phenoxy) is 1. The molecule has 37 heavy (non-hydrogen) atoms. The van der Waals surface area contributed by atoms with Crippen LogP contribution in [0, 0.1) is 0 Å². The molecule has 1 aromatic carbocycles. The van der Waals surface area contributed by atoms with Crippen molar-refractivity contribution in [3.05, 3.63) is 60.6 Å². The number of fused-ring (bicyclic) bond motifs is 1. The summed E-state index contributed by atoms with van der Waals surface area (Å²) >= 11 is 0. The van der Waals surface area contributed by atoms with Gasteiger partial charge in [0.1, 0.15) is 11.4 Å². The van der Waals surface area contributed by atoms with Crippen molar-refractivity contribution in [1.82, 2.24) is 19.7 Å². The third-order valence-electron chi connectivity index (χ3n) is 6.34. The van der Waals surface area contributed by atoms with Crippen molar-refractivity contribution in [2.24, 2.45) is 0 Å². The van der Waals surface area contributed by atoms with Gasteiger partial charge < -0.3 is 19.9 Å². The first-order valence-corrected chi connectivity index (χ1v) is 12.6. The fraction of sp³-hybridized carbons (Fsp3) is 0.429. The Hall–Kier alpha value is -3.88. The Bertz CT molecular complexity index is 1250. The number of hydrogen-bond donors (Lipinski definition) is 1. The number of anilines is 2. The number of amides is 2. The first kappa shape index (κ1) is 26.2. The van der Waals surface area contributed by atoms with Crippen LogP contribution in [-0.2, 0) is 16.1 Å². The predicted octanol–water partition coefficient (Wildman–Crippen LogP) is 5.11. The van der Waals surface area contributed by atoms with E-state index in [1.165, 1.54) is 0 Å². The molecule has 0 fully saturated rings. The number of carbonyl (C=O) groups is 2. The van der Waals surface area contributed by atoms with Crippen molar-refractivity contribution in [3.63, 3.8) is 0 Å². The molecule has 2 unspecified atom stereocenters. The minimum Gasteiger partial charge on any atom is -0.444 e. The highest BCUT2D eigenvalue weighted by atomic mass is 16.6. The first-order chi connectivity index (χ1) is 17.5. The number of likely N-dealkylation sites (N-methyl/N-ethyl adjacent to an activating group) is 1. The monoisotopic (exact) mass is 504 g/mol. The molecule has 3 heterocycles. The average Bonchev–Trinajstić information content (AvgIpc) is 3.31. The zero-order valence-corrected chi connectivity index (χ0v) is 22.4. The molecule has 2 aromatic heterocycles. The number of hydrogen-bond acceptors (Lipinski definition) is 6. The lowest BCUT2D eigenvalue weighted by Gasteiger charge is -2.39. The van der Waals surface area contributed by atoms with Gasteiger partial charge in [0.2, 0.25) is 5.91 Å². The van der Waals surface area contributed by atoms with E-state index in [0.29, 0.717) is 13.1 Å². The van der Waals surface area contributed by atoms with Crippen molar-refractivity contribution >= 4 is 23.5 Å². The van der Waals surface area contributed by atoms with Crippen LogP contribution in [0.2, 0.25) is 0 Å². The van der Waals surface area contributed by atoms with Gasteiger partial charge in [0.25, 0.3) is 0 Å². The number of aromatic nitrogens is 3. The Morgan fingerprint density at radius 1 is 1.19 bits per heavy atom. The standard InChI is InChI=1S/C28H36N6O3/c1-19-15-24(31-26-9-7-8-12-29-26)23-16-21(10-11-25(23)34(19)20(2)35)22-17-30-33(18-22)14-13-32(6)27(36)37-28(3,4)5/h7-12,16-19,24H,13-15H2,1-6H3,(H,29,31). The maximum atomic E-state index is 12.5. The van der Waals surface area contributed by atoms with E-state index in [4.69, 9.17) is 4.74 Å². The van der Waals surface area contributed by atoms with Crippen LogP contribution < -0.4 is 10.2 Å². The number of rotatable bonds is 6. The molecule has 0 spiro atoms. The lowest BCUT2D eigenvalue weighted by atomic mass is 9.89. The van der Waals surface area contributed by atoms with E-state index >= 15 is 0 Å². The predicted molar refractivity (Wildman–Crippen MR) is 144 cm³/mol. The van der Waals surface area contributed by atoms with Crippen LogP contribution in [0.1, 0.15) is 52.6 Å². The number of benzene rings is 1. The van der Waals surface area contributed by atoms with Gasteiger partial charge in [0.05, 0.1) is 18.8 Å². The zero-order chi connectivity index (χ0) is 26.7. The van der Waals surface area contributed by atoms with Crippen LogP contribution in [0.25, 0.3) is 11.1 Å². The molecule has 0 aliphatic carbocycles. The summed E-state index contributed by atoms with van der Waals surface area (Å²) in [7, 11) is 1.72. The van der Waals surface area contributed by atoms with E-state index in [1.54, 1.807) is 25.1 Å². The molecule has 2 amide bonds. The van der Waals surface area contributed by atoms with E-state index in [1.807, 2.05) is 73.1 Å². The van der Waals surface area contributed by atoms with Crippen LogP contribution in [0.5, 0.6) is 0 Å². The van der Waals surface area contributed by atoms with E-state index < -0.39 is 5.60 Å². The van der Waals surface area contributed by atoms with E-state index in [9.17, 15) is 9.59 Å². The van der Waals surface area contributed by atoms with Gasteiger partial charge in [-0.3, -0.25) is 9.48 Å². The van der Waals surface area contributed by atoms with Crippen molar-refractivity contribution < 1.29 is 14.3 Å². The summed E-state index contributed by atoms with van der Waals surface area (Å²) in [6, 6.07) is 12.0. The van der Waals surface area contributed by atoms with Crippen molar-refractivity contribution in [2.45, 2.75) is 65.3 Å². The molecule has 0 saturated carbocycles. The van der Waals surface area contributed by atoms with Crippen LogP contribution in [0.4, 0.5) is 16.3 Å². The van der Waals surface area contributed by atoms with Gasteiger partial charge in [-0.05, 0) is 69.5 Å². The first-order valence-electron chi connectivity index (χ1n) is 12.6. The van der Waals surface area contributed by atoms with Gasteiger partial charge >= 0.3 is 6.09 Å². The zero-order valence-electron chi connectivity index (χ0n) is 22.4. The van der Waals surface area contributed by atoms with E-state index in [-0.39, 0.29) is 24.1 Å². The van der Waals surface area contributed by atoms with E-state index in [2.05, 4.69) is 28.4 Å². The highest BCUT2D eigenvalue weighted by molar-refractivity contribution is 5.94.